The lowest BCUT2D eigenvalue weighted by Crippen LogP contribution is -2.44. The Balaban J connectivity index is 1.69. The molecule has 2 atom stereocenters. The molecule has 1 aromatic heterocycles. The van der Waals surface area contributed by atoms with E-state index in [1.807, 2.05) is 6.92 Å². The topological polar surface area (TPSA) is 93.5 Å². The average molecular weight is 482 g/mol. The van der Waals surface area contributed by atoms with Crippen molar-refractivity contribution in [2.75, 3.05) is 18.6 Å². The fourth-order valence-electron chi connectivity index (χ4n) is 4.10. The molecule has 10 heteroatoms. The summed E-state index contributed by atoms with van der Waals surface area (Å²) in [5.74, 6) is -0.829. The van der Waals surface area contributed by atoms with E-state index < -0.39 is 42.3 Å². The van der Waals surface area contributed by atoms with Crippen LogP contribution in [0.2, 0.25) is 0 Å². The number of hydrogen-bond donors (Lipinski definition) is 1. The maximum atomic E-state index is 13.5. The van der Waals surface area contributed by atoms with Gasteiger partial charge in [-0.1, -0.05) is 29.8 Å². The summed E-state index contributed by atoms with van der Waals surface area (Å²) in [7, 11) is 1.54. The van der Waals surface area contributed by atoms with Crippen LogP contribution in [-0.4, -0.2) is 47.7 Å². The monoisotopic (exact) mass is 482 g/mol. The molecule has 0 aliphatic carbocycles. The fraction of sp³-hybridized carbons (Fsp3) is 0.280. The zero-order valence-corrected chi connectivity index (χ0v) is 19.2. The molecule has 2 heterocycles. The summed E-state index contributed by atoms with van der Waals surface area (Å²) < 4.78 is 31.6. The highest BCUT2D eigenvalue weighted by atomic mass is 19.3. The standard InChI is InChI=1S/C25H24F2N4O4/c1-15-3-5-17(6-4-15)23(32)29-22-19(16-7-9-18(35-2)10-8-16)13-30(25(22)34)20-11-12-28-31(24(20)33)14-21(26)27/h3-12,19,21-22H,13-14H2,1-2H3,(H,29,32)/t19-,22?/m0/s1. The van der Waals surface area contributed by atoms with Gasteiger partial charge in [-0.3, -0.25) is 14.4 Å². The Morgan fingerprint density at radius 2 is 1.80 bits per heavy atom. The number of benzene rings is 2. The average Bonchev–Trinajstić information content (AvgIpc) is 3.16. The Hall–Kier alpha value is -4.08. The summed E-state index contributed by atoms with van der Waals surface area (Å²) in [6, 6.07) is 14.3. The predicted molar refractivity (Wildman–Crippen MR) is 125 cm³/mol. The molecule has 1 unspecified atom stereocenters. The van der Waals surface area contributed by atoms with Gasteiger partial charge in [-0.05, 0) is 42.8 Å². The second-order valence-corrected chi connectivity index (χ2v) is 8.24. The SMILES string of the molecule is COc1ccc([C@@H]2CN(c3ccnn(CC(F)F)c3=O)C(=O)C2NC(=O)c2ccc(C)cc2)cc1. The summed E-state index contributed by atoms with van der Waals surface area (Å²) in [5.41, 5.74) is 1.24. The number of carbonyl (C=O) groups excluding carboxylic acids is 2. The maximum absolute atomic E-state index is 13.5. The van der Waals surface area contributed by atoms with E-state index in [4.69, 9.17) is 4.74 Å². The molecule has 1 aliphatic rings. The number of carbonyl (C=O) groups is 2. The first-order valence-corrected chi connectivity index (χ1v) is 11.0. The maximum Gasteiger partial charge on any atom is 0.290 e. The third kappa shape index (κ3) is 5.06. The lowest BCUT2D eigenvalue weighted by atomic mass is 9.93. The molecule has 3 aromatic rings. The molecular weight excluding hydrogens is 458 g/mol. The number of anilines is 1. The fourth-order valence-corrected chi connectivity index (χ4v) is 4.10. The Bertz CT molecular complexity index is 1280. The van der Waals surface area contributed by atoms with Gasteiger partial charge in [-0.25, -0.2) is 13.5 Å². The Morgan fingerprint density at radius 1 is 1.11 bits per heavy atom. The number of methoxy groups -OCH3 is 1. The predicted octanol–water partition coefficient (Wildman–Crippen LogP) is 2.75. The van der Waals surface area contributed by atoms with Crippen molar-refractivity contribution in [2.24, 2.45) is 0 Å². The number of aromatic nitrogens is 2. The second kappa shape index (κ2) is 10.0. The van der Waals surface area contributed by atoms with Gasteiger partial charge < -0.3 is 15.0 Å². The van der Waals surface area contributed by atoms with Gasteiger partial charge >= 0.3 is 0 Å². The summed E-state index contributed by atoms with van der Waals surface area (Å²) in [6.07, 6.45) is -1.58. The van der Waals surface area contributed by atoms with Crippen molar-refractivity contribution in [1.82, 2.24) is 15.1 Å². The minimum Gasteiger partial charge on any atom is -0.497 e. The van der Waals surface area contributed by atoms with Gasteiger partial charge in [0.1, 0.15) is 24.0 Å². The third-order valence-electron chi connectivity index (χ3n) is 5.95. The van der Waals surface area contributed by atoms with Crippen LogP contribution in [0.25, 0.3) is 0 Å². The number of halogens is 2. The first kappa shape index (κ1) is 24.1. The van der Waals surface area contributed by atoms with Crippen LogP contribution < -0.4 is 20.5 Å². The van der Waals surface area contributed by atoms with Crippen molar-refractivity contribution >= 4 is 17.5 Å². The quantitative estimate of drug-likeness (QED) is 0.559. The van der Waals surface area contributed by atoms with Crippen molar-refractivity contribution in [3.8, 4) is 5.75 Å². The number of ether oxygens (including phenoxy) is 1. The van der Waals surface area contributed by atoms with Crippen molar-refractivity contribution in [3.05, 3.63) is 87.8 Å². The van der Waals surface area contributed by atoms with Gasteiger partial charge in [0.2, 0.25) is 5.91 Å². The Labute approximate surface area is 200 Å². The molecule has 1 aliphatic heterocycles. The number of nitrogens with one attached hydrogen (secondary N) is 1. The molecule has 35 heavy (non-hydrogen) atoms. The van der Waals surface area contributed by atoms with Crippen LogP contribution in [0, 0.1) is 6.92 Å². The number of aryl methyl sites for hydroxylation is 1. The van der Waals surface area contributed by atoms with E-state index in [2.05, 4.69) is 10.4 Å². The van der Waals surface area contributed by atoms with Gasteiger partial charge in [0, 0.05) is 24.2 Å². The summed E-state index contributed by atoms with van der Waals surface area (Å²) in [4.78, 5) is 40.5. The van der Waals surface area contributed by atoms with Crippen LogP contribution in [-0.2, 0) is 11.3 Å². The highest BCUT2D eigenvalue weighted by Gasteiger charge is 2.43. The minimum atomic E-state index is -2.78. The lowest BCUT2D eigenvalue weighted by molar-refractivity contribution is -0.118. The zero-order chi connectivity index (χ0) is 25.1. The van der Waals surface area contributed by atoms with Crippen molar-refractivity contribution < 1.29 is 23.1 Å². The molecule has 1 fully saturated rings. The normalized spacial score (nSPS) is 17.6. The molecule has 2 amide bonds. The zero-order valence-electron chi connectivity index (χ0n) is 19.2. The molecule has 0 radical (unpaired) electrons. The van der Waals surface area contributed by atoms with Gasteiger partial charge in [0.25, 0.3) is 17.9 Å². The minimum absolute atomic E-state index is 0.0674. The van der Waals surface area contributed by atoms with Crippen LogP contribution in [0.3, 0.4) is 0 Å². The van der Waals surface area contributed by atoms with Crippen LogP contribution >= 0.6 is 0 Å². The smallest absolute Gasteiger partial charge is 0.290 e. The second-order valence-electron chi connectivity index (χ2n) is 8.24. The van der Waals surface area contributed by atoms with Gasteiger partial charge in [-0.2, -0.15) is 5.10 Å². The molecule has 0 spiro atoms. The number of nitrogens with zero attached hydrogens (tertiary/aromatic N) is 3. The van der Waals surface area contributed by atoms with E-state index in [0.717, 1.165) is 11.1 Å². The van der Waals surface area contributed by atoms with Gasteiger partial charge in [0.15, 0.2) is 0 Å². The first-order valence-electron chi connectivity index (χ1n) is 11.0. The Kier molecular flexibility index (Phi) is 6.90. The van der Waals surface area contributed by atoms with Crippen LogP contribution in [0.1, 0.15) is 27.4 Å². The lowest BCUT2D eigenvalue weighted by Gasteiger charge is -2.19. The van der Waals surface area contributed by atoms with Crippen molar-refractivity contribution in [2.45, 2.75) is 31.9 Å². The van der Waals surface area contributed by atoms with Crippen molar-refractivity contribution in [1.29, 1.82) is 0 Å². The van der Waals surface area contributed by atoms with Crippen LogP contribution in [0.5, 0.6) is 5.75 Å². The van der Waals surface area contributed by atoms with E-state index in [0.29, 0.717) is 16.0 Å². The van der Waals surface area contributed by atoms with E-state index in [9.17, 15) is 23.2 Å². The molecule has 8 nitrogen and oxygen atoms in total. The number of rotatable bonds is 7. The molecule has 2 aromatic carbocycles. The highest BCUT2D eigenvalue weighted by Crippen LogP contribution is 2.32. The van der Waals surface area contributed by atoms with E-state index in [-0.39, 0.29) is 12.2 Å². The van der Waals surface area contributed by atoms with E-state index in [1.54, 1.807) is 48.5 Å². The molecule has 4 rings (SSSR count). The van der Waals surface area contributed by atoms with Crippen LogP contribution in [0.4, 0.5) is 14.5 Å². The third-order valence-corrected chi connectivity index (χ3v) is 5.95. The number of hydrogen-bond acceptors (Lipinski definition) is 5. The summed E-state index contributed by atoms with van der Waals surface area (Å²) in [5, 5.41) is 6.49. The van der Waals surface area contributed by atoms with E-state index in [1.165, 1.54) is 24.3 Å². The van der Waals surface area contributed by atoms with E-state index >= 15 is 0 Å². The summed E-state index contributed by atoms with van der Waals surface area (Å²) >= 11 is 0. The van der Waals surface area contributed by atoms with Gasteiger partial charge in [0.05, 0.1) is 7.11 Å². The molecule has 1 saturated heterocycles. The number of alkyl halides is 2. The molecule has 182 valence electrons. The summed E-state index contributed by atoms with van der Waals surface area (Å²) in [6.45, 7) is 1.08. The Morgan fingerprint density at radius 3 is 2.43 bits per heavy atom. The molecular formula is C25H24F2N4O4. The molecule has 0 saturated carbocycles. The highest BCUT2D eigenvalue weighted by molar-refractivity contribution is 6.04. The number of amides is 2. The van der Waals surface area contributed by atoms with Gasteiger partial charge in [-0.15, -0.1) is 0 Å². The van der Waals surface area contributed by atoms with Crippen LogP contribution in [0.15, 0.2) is 65.6 Å². The molecule has 1 N–H and O–H groups in total. The first-order chi connectivity index (χ1) is 16.8. The molecule has 0 bridgehead atoms. The van der Waals surface area contributed by atoms with Crippen molar-refractivity contribution in [3.63, 3.8) is 0 Å². The largest absolute Gasteiger partial charge is 0.497 e.